The van der Waals surface area contributed by atoms with Gasteiger partial charge in [0.05, 0.1) is 0 Å². The molecule has 0 amide bonds. The number of nitrogens with zero attached hydrogens (tertiary/aromatic N) is 1. The maximum Gasteiger partial charge on any atom is 0.169 e. The minimum atomic E-state index is 1.02. The van der Waals surface area contributed by atoms with E-state index < -0.39 is 0 Å². The van der Waals surface area contributed by atoms with Crippen molar-refractivity contribution in [2.75, 3.05) is 0 Å². The predicted octanol–water partition coefficient (Wildman–Crippen LogP) is 2.67. The molecule has 2 aromatic rings. The molecule has 16 heavy (non-hydrogen) atoms. The summed E-state index contributed by atoms with van der Waals surface area (Å²) in [5.41, 5.74) is 2.04. The Kier molecular flexibility index (Phi) is 3.38. The van der Waals surface area contributed by atoms with Gasteiger partial charge >= 0.3 is 0 Å². The van der Waals surface area contributed by atoms with Crippen LogP contribution >= 0.6 is 15.9 Å². The molecule has 0 saturated carbocycles. The molecule has 0 saturated heterocycles. The molecule has 1 aromatic heterocycles. The predicted molar refractivity (Wildman–Crippen MR) is 67.7 cm³/mol. The summed E-state index contributed by atoms with van der Waals surface area (Å²) >= 11 is 3.43. The second kappa shape index (κ2) is 4.96. The zero-order valence-electron chi connectivity index (χ0n) is 8.94. The van der Waals surface area contributed by atoms with Crippen molar-refractivity contribution in [2.45, 2.75) is 0 Å². The molecule has 0 atom stereocenters. The SMILES string of the molecule is C[n+]1ccc(C#Cc2cccc(Br)c2)cc1. The highest BCUT2D eigenvalue weighted by Crippen LogP contribution is 2.10. The fraction of sp³-hybridized carbons (Fsp3) is 0.0714. The number of pyridine rings is 1. The molecule has 0 aliphatic carbocycles. The van der Waals surface area contributed by atoms with Gasteiger partial charge in [0, 0.05) is 27.7 Å². The summed E-state index contributed by atoms with van der Waals surface area (Å²) in [5.74, 6) is 6.26. The first kappa shape index (κ1) is 10.9. The molecule has 0 fully saturated rings. The number of hydrogen-bond acceptors (Lipinski definition) is 0. The third-order valence-electron chi connectivity index (χ3n) is 2.15. The maximum atomic E-state index is 3.43. The van der Waals surface area contributed by atoms with Gasteiger partial charge in [-0.05, 0) is 18.2 Å². The van der Waals surface area contributed by atoms with Crippen LogP contribution in [0, 0.1) is 11.8 Å². The van der Waals surface area contributed by atoms with Crippen LogP contribution in [0.1, 0.15) is 11.1 Å². The van der Waals surface area contributed by atoms with Crippen molar-refractivity contribution in [1.29, 1.82) is 0 Å². The molecule has 0 aliphatic heterocycles. The fourth-order valence-corrected chi connectivity index (χ4v) is 1.69. The maximum absolute atomic E-state index is 3.43. The third-order valence-corrected chi connectivity index (χ3v) is 2.65. The van der Waals surface area contributed by atoms with Crippen LogP contribution in [-0.4, -0.2) is 0 Å². The van der Waals surface area contributed by atoms with Crippen molar-refractivity contribution in [2.24, 2.45) is 7.05 Å². The van der Waals surface area contributed by atoms with Crippen molar-refractivity contribution in [3.8, 4) is 11.8 Å². The molecular formula is C14H11BrN+. The van der Waals surface area contributed by atoms with E-state index in [1.54, 1.807) is 0 Å². The van der Waals surface area contributed by atoms with Crippen LogP contribution in [0.3, 0.4) is 0 Å². The topological polar surface area (TPSA) is 3.88 Å². The monoisotopic (exact) mass is 272 g/mol. The van der Waals surface area contributed by atoms with Gasteiger partial charge in [-0.1, -0.05) is 33.8 Å². The number of aromatic nitrogens is 1. The molecule has 0 unspecified atom stereocenters. The van der Waals surface area contributed by atoms with Gasteiger partial charge in [0.15, 0.2) is 12.4 Å². The van der Waals surface area contributed by atoms with Crippen molar-refractivity contribution >= 4 is 15.9 Å². The smallest absolute Gasteiger partial charge is 0.169 e. The van der Waals surface area contributed by atoms with Gasteiger partial charge in [0.25, 0.3) is 0 Å². The molecule has 78 valence electrons. The van der Waals surface area contributed by atoms with Crippen LogP contribution in [0.4, 0.5) is 0 Å². The number of aryl methyl sites for hydroxylation is 1. The fourth-order valence-electron chi connectivity index (χ4n) is 1.29. The summed E-state index contributed by atoms with van der Waals surface area (Å²) in [5, 5.41) is 0. The van der Waals surface area contributed by atoms with E-state index in [-0.39, 0.29) is 0 Å². The molecule has 0 aliphatic rings. The van der Waals surface area contributed by atoms with Gasteiger partial charge in [-0.2, -0.15) is 0 Å². The van der Waals surface area contributed by atoms with E-state index in [2.05, 4.69) is 27.8 Å². The molecule has 2 rings (SSSR count). The van der Waals surface area contributed by atoms with Crippen LogP contribution in [0.5, 0.6) is 0 Å². The highest BCUT2D eigenvalue weighted by Gasteiger charge is 1.91. The van der Waals surface area contributed by atoms with E-state index in [0.29, 0.717) is 0 Å². The van der Waals surface area contributed by atoms with Gasteiger partial charge < -0.3 is 0 Å². The van der Waals surface area contributed by atoms with Crippen molar-refractivity contribution in [3.05, 3.63) is 64.4 Å². The van der Waals surface area contributed by atoms with E-state index >= 15 is 0 Å². The lowest BCUT2D eigenvalue weighted by Crippen LogP contribution is -2.25. The molecule has 0 bridgehead atoms. The number of halogens is 1. The molecule has 1 aromatic carbocycles. The largest absolute Gasteiger partial charge is 0.208 e. The van der Waals surface area contributed by atoms with Gasteiger partial charge in [-0.3, -0.25) is 0 Å². The number of hydrogen-bond donors (Lipinski definition) is 0. The Morgan fingerprint density at radius 2 is 1.69 bits per heavy atom. The van der Waals surface area contributed by atoms with Gasteiger partial charge in [-0.15, -0.1) is 0 Å². The van der Waals surface area contributed by atoms with Crippen molar-refractivity contribution in [3.63, 3.8) is 0 Å². The lowest BCUT2D eigenvalue weighted by molar-refractivity contribution is -0.671. The Hall–Kier alpha value is -1.59. The zero-order chi connectivity index (χ0) is 11.4. The molecule has 2 heteroatoms. The first-order chi connectivity index (χ1) is 7.74. The first-order valence-electron chi connectivity index (χ1n) is 4.97. The van der Waals surface area contributed by atoms with Crippen molar-refractivity contribution in [1.82, 2.24) is 0 Å². The minimum Gasteiger partial charge on any atom is -0.208 e. The second-order valence-corrected chi connectivity index (χ2v) is 4.43. The molecule has 0 N–H and O–H groups in total. The lowest BCUT2D eigenvalue weighted by Gasteiger charge is -1.91. The van der Waals surface area contributed by atoms with Gasteiger partial charge in [0.1, 0.15) is 7.05 Å². The van der Waals surface area contributed by atoms with Crippen LogP contribution in [0.2, 0.25) is 0 Å². The summed E-state index contributed by atoms with van der Waals surface area (Å²) in [7, 11) is 1.99. The summed E-state index contributed by atoms with van der Waals surface area (Å²) in [6.07, 6.45) is 3.98. The van der Waals surface area contributed by atoms with E-state index in [9.17, 15) is 0 Å². The summed E-state index contributed by atoms with van der Waals surface area (Å²) in [6, 6.07) is 12.0. The summed E-state index contributed by atoms with van der Waals surface area (Å²) < 4.78 is 3.04. The van der Waals surface area contributed by atoms with Crippen molar-refractivity contribution < 1.29 is 4.57 Å². The Morgan fingerprint density at radius 1 is 1.00 bits per heavy atom. The van der Waals surface area contributed by atoms with Crippen LogP contribution in [0.25, 0.3) is 0 Å². The average molecular weight is 273 g/mol. The van der Waals surface area contributed by atoms with E-state index in [1.165, 1.54) is 0 Å². The quantitative estimate of drug-likeness (QED) is 0.513. The highest BCUT2D eigenvalue weighted by atomic mass is 79.9. The Balaban J connectivity index is 2.25. The van der Waals surface area contributed by atoms with E-state index in [0.717, 1.165) is 15.6 Å². The van der Waals surface area contributed by atoms with Crippen LogP contribution in [-0.2, 0) is 7.05 Å². The average Bonchev–Trinajstić information content (AvgIpc) is 2.28. The third kappa shape index (κ3) is 2.95. The Labute approximate surface area is 104 Å². The van der Waals surface area contributed by atoms with Gasteiger partial charge in [0.2, 0.25) is 0 Å². The molecule has 0 spiro atoms. The Morgan fingerprint density at radius 3 is 2.38 bits per heavy atom. The number of rotatable bonds is 0. The van der Waals surface area contributed by atoms with Crippen LogP contribution in [0.15, 0.2) is 53.3 Å². The van der Waals surface area contributed by atoms with E-state index in [1.807, 2.05) is 60.4 Å². The summed E-state index contributed by atoms with van der Waals surface area (Å²) in [6.45, 7) is 0. The minimum absolute atomic E-state index is 1.02. The molecular weight excluding hydrogens is 262 g/mol. The van der Waals surface area contributed by atoms with Crippen LogP contribution < -0.4 is 4.57 Å². The first-order valence-corrected chi connectivity index (χ1v) is 5.76. The standard InChI is InChI=1S/C14H11BrN/c1-16-9-7-12(8-10-16)5-6-13-3-2-4-14(15)11-13/h2-4,7-11H,1H3/q+1. The Bertz CT molecular complexity index is 547. The normalized spacial score (nSPS) is 9.38. The highest BCUT2D eigenvalue weighted by molar-refractivity contribution is 9.10. The summed E-state index contributed by atoms with van der Waals surface area (Å²) in [4.78, 5) is 0. The molecule has 1 nitrogen and oxygen atoms in total. The second-order valence-electron chi connectivity index (χ2n) is 3.51. The van der Waals surface area contributed by atoms with Gasteiger partial charge in [-0.25, -0.2) is 4.57 Å². The van der Waals surface area contributed by atoms with E-state index in [4.69, 9.17) is 0 Å². The molecule has 0 radical (unpaired) electrons. The zero-order valence-corrected chi connectivity index (χ0v) is 10.5. The lowest BCUT2D eigenvalue weighted by atomic mass is 10.2. The number of benzene rings is 1. The molecule has 1 heterocycles.